The summed E-state index contributed by atoms with van der Waals surface area (Å²) in [4.78, 5) is -0.177. The minimum Gasteiger partial charge on any atom is -0.506 e. The number of hydrogen-bond acceptors (Lipinski definition) is 6. The van der Waals surface area contributed by atoms with Gasteiger partial charge in [0.15, 0.2) is 0 Å². The van der Waals surface area contributed by atoms with Crippen LogP contribution in [0.1, 0.15) is 27.7 Å². The molecule has 8 nitrogen and oxygen atoms in total. The van der Waals surface area contributed by atoms with E-state index in [1.807, 2.05) is 50.3 Å². The quantitative estimate of drug-likeness (QED) is 0.424. The van der Waals surface area contributed by atoms with Crippen LogP contribution < -0.4 is 15.0 Å². The zero-order valence-electron chi connectivity index (χ0n) is 16.7. The van der Waals surface area contributed by atoms with E-state index in [0.29, 0.717) is 7.14 Å². The van der Waals surface area contributed by atoms with Gasteiger partial charge >= 0.3 is 0 Å². The number of halogens is 2. The molecule has 29 heavy (non-hydrogen) atoms. The number of sulfonamides is 2. The predicted octanol–water partition coefficient (Wildman–Crippen LogP) is 3.64. The summed E-state index contributed by atoms with van der Waals surface area (Å²) in [6, 6.07) is 9.30. The number of phenols is 1. The van der Waals surface area contributed by atoms with E-state index in [2.05, 4.69) is 0 Å². The lowest BCUT2D eigenvalue weighted by atomic mass is 10.3. The normalized spacial score (nSPS) is 10.2. The van der Waals surface area contributed by atoms with Crippen LogP contribution in [0, 0.1) is 7.14 Å². The van der Waals surface area contributed by atoms with Crippen LogP contribution in [0.2, 0.25) is 0 Å². The van der Waals surface area contributed by atoms with Crippen molar-refractivity contribution in [3.8, 4) is 11.5 Å². The SMILES string of the molecule is CC.CC.COc1cccc(I)c1S(N)(=O)=O.NS(=O)(=O)c1c(O)cccc1I. The highest BCUT2D eigenvalue weighted by molar-refractivity contribution is 14.1. The molecule has 0 unspecified atom stereocenters. The molecule has 0 saturated heterocycles. The molecule has 12 heteroatoms. The van der Waals surface area contributed by atoms with Crippen molar-refractivity contribution in [3.05, 3.63) is 43.5 Å². The molecule has 0 amide bonds. The second-order valence-electron chi connectivity index (χ2n) is 4.45. The Morgan fingerprint density at radius 3 is 1.45 bits per heavy atom. The van der Waals surface area contributed by atoms with Crippen LogP contribution in [0.4, 0.5) is 0 Å². The molecule has 0 aliphatic rings. The van der Waals surface area contributed by atoms with E-state index < -0.39 is 20.0 Å². The lowest BCUT2D eigenvalue weighted by Crippen LogP contribution is -2.14. The average molecular weight is 672 g/mol. The number of methoxy groups -OCH3 is 1. The zero-order chi connectivity index (χ0) is 23.4. The molecule has 0 aromatic heterocycles. The molecule has 0 saturated carbocycles. The molecule has 0 aliphatic carbocycles. The fourth-order valence-electron chi connectivity index (χ4n) is 1.71. The molecule has 2 aromatic carbocycles. The van der Waals surface area contributed by atoms with Crippen molar-refractivity contribution >= 4 is 65.2 Å². The largest absolute Gasteiger partial charge is 0.506 e. The molecule has 2 rings (SSSR count). The Hall–Kier alpha value is -0.680. The molecule has 0 radical (unpaired) electrons. The molecule has 0 bridgehead atoms. The van der Waals surface area contributed by atoms with E-state index in [1.165, 1.54) is 13.2 Å². The van der Waals surface area contributed by atoms with Crippen LogP contribution in [0.25, 0.3) is 0 Å². The van der Waals surface area contributed by atoms with Gasteiger partial charge in [0.2, 0.25) is 20.0 Å². The first-order valence-electron chi connectivity index (χ1n) is 8.25. The third kappa shape index (κ3) is 10.3. The van der Waals surface area contributed by atoms with Crippen LogP contribution in [-0.4, -0.2) is 29.1 Å². The third-order valence-corrected chi connectivity index (χ3v) is 7.18. The number of ether oxygens (including phenoxy) is 1. The van der Waals surface area contributed by atoms with Crippen molar-refractivity contribution in [2.75, 3.05) is 7.11 Å². The number of benzene rings is 2. The van der Waals surface area contributed by atoms with Crippen molar-refractivity contribution < 1.29 is 26.7 Å². The summed E-state index contributed by atoms with van der Waals surface area (Å²) >= 11 is 3.69. The van der Waals surface area contributed by atoms with Gasteiger partial charge in [0, 0.05) is 7.14 Å². The summed E-state index contributed by atoms with van der Waals surface area (Å²) in [7, 11) is -6.13. The van der Waals surface area contributed by atoms with Gasteiger partial charge in [0.25, 0.3) is 0 Å². The smallest absolute Gasteiger partial charge is 0.242 e. The second kappa shape index (κ2) is 14.3. The van der Waals surface area contributed by atoms with Crippen molar-refractivity contribution in [1.82, 2.24) is 0 Å². The van der Waals surface area contributed by atoms with Gasteiger partial charge in [0.1, 0.15) is 21.3 Å². The Morgan fingerprint density at radius 2 is 1.17 bits per heavy atom. The van der Waals surface area contributed by atoms with Gasteiger partial charge in [-0.3, -0.25) is 0 Å². The molecule has 0 aliphatic heterocycles. The van der Waals surface area contributed by atoms with Crippen LogP contribution in [-0.2, 0) is 20.0 Å². The fraction of sp³-hybridized carbons (Fsp3) is 0.294. The summed E-state index contributed by atoms with van der Waals surface area (Å²) in [5.74, 6) is -0.0428. The number of phenolic OH excluding ortho intramolecular Hbond substituents is 1. The Labute approximate surface area is 200 Å². The van der Waals surface area contributed by atoms with Gasteiger partial charge in [0.05, 0.1) is 7.11 Å². The maximum absolute atomic E-state index is 11.1. The van der Waals surface area contributed by atoms with Gasteiger partial charge in [-0.1, -0.05) is 39.8 Å². The molecule has 0 spiro atoms. The first kappa shape index (κ1) is 30.5. The minimum atomic E-state index is -3.82. The van der Waals surface area contributed by atoms with E-state index >= 15 is 0 Å². The van der Waals surface area contributed by atoms with E-state index in [4.69, 9.17) is 20.1 Å². The Balaban J connectivity index is 0. The minimum absolute atomic E-state index is 0.0399. The molecule has 5 N–H and O–H groups in total. The van der Waals surface area contributed by atoms with E-state index in [0.717, 1.165) is 0 Å². The summed E-state index contributed by atoms with van der Waals surface area (Å²) in [5, 5.41) is 19.1. The predicted molar refractivity (Wildman–Crippen MR) is 132 cm³/mol. The average Bonchev–Trinajstić information content (AvgIpc) is 2.63. The number of rotatable bonds is 3. The molecule has 166 valence electrons. The highest BCUT2D eigenvalue weighted by Crippen LogP contribution is 2.27. The van der Waals surface area contributed by atoms with Crippen LogP contribution >= 0.6 is 45.2 Å². The molecule has 0 fully saturated rings. The molecular weight excluding hydrogens is 646 g/mol. The van der Waals surface area contributed by atoms with Crippen molar-refractivity contribution in [2.45, 2.75) is 37.5 Å². The highest BCUT2D eigenvalue weighted by Gasteiger charge is 2.18. The van der Waals surface area contributed by atoms with Crippen molar-refractivity contribution in [1.29, 1.82) is 0 Å². The molecule has 0 heterocycles. The van der Waals surface area contributed by atoms with Gasteiger partial charge in [-0.25, -0.2) is 27.1 Å². The number of hydrogen-bond donors (Lipinski definition) is 3. The third-order valence-electron chi connectivity index (χ3n) is 2.67. The lowest BCUT2D eigenvalue weighted by molar-refractivity contribution is 0.402. The Bertz CT molecular complexity index is 961. The standard InChI is InChI=1S/C7H8INO3S.C6H6INO3S.2C2H6/c1-12-6-4-2-3-5(8)7(6)13(9,10)11;7-4-2-1-3-5(9)6(4)12(8,10)11;2*1-2/h2-4H,1H3,(H2,9,10,11);1-3,9H,(H2,8,10,11);2*1-2H3. The number of aromatic hydroxyl groups is 1. The monoisotopic (exact) mass is 672 g/mol. The van der Waals surface area contributed by atoms with Crippen LogP contribution in [0.15, 0.2) is 46.2 Å². The first-order chi connectivity index (χ1) is 13.4. The van der Waals surface area contributed by atoms with Gasteiger partial charge < -0.3 is 9.84 Å². The number of nitrogens with two attached hydrogens (primary N) is 2. The van der Waals surface area contributed by atoms with E-state index in [9.17, 15) is 16.8 Å². The Kier molecular flexibility index (Phi) is 15.1. The zero-order valence-corrected chi connectivity index (χ0v) is 22.6. The maximum Gasteiger partial charge on any atom is 0.242 e. The summed E-state index contributed by atoms with van der Waals surface area (Å²) < 4.78 is 49.9. The summed E-state index contributed by atoms with van der Waals surface area (Å²) in [5.41, 5.74) is 0. The van der Waals surface area contributed by atoms with Crippen molar-refractivity contribution in [2.24, 2.45) is 10.3 Å². The van der Waals surface area contributed by atoms with E-state index in [-0.39, 0.29) is 21.3 Å². The first-order valence-corrected chi connectivity index (χ1v) is 13.5. The number of primary sulfonamides is 2. The van der Waals surface area contributed by atoms with E-state index in [1.54, 1.807) is 52.9 Å². The van der Waals surface area contributed by atoms with Crippen LogP contribution in [0.3, 0.4) is 0 Å². The van der Waals surface area contributed by atoms with Crippen LogP contribution in [0.5, 0.6) is 11.5 Å². The molecule has 0 atom stereocenters. The fourth-order valence-corrected chi connectivity index (χ4v) is 5.97. The maximum atomic E-state index is 11.1. The molecule has 2 aromatic rings. The van der Waals surface area contributed by atoms with Gasteiger partial charge in [-0.15, -0.1) is 0 Å². The van der Waals surface area contributed by atoms with Gasteiger partial charge in [-0.05, 0) is 69.4 Å². The Morgan fingerprint density at radius 1 is 0.793 bits per heavy atom. The highest BCUT2D eigenvalue weighted by atomic mass is 127. The van der Waals surface area contributed by atoms with Crippen molar-refractivity contribution in [3.63, 3.8) is 0 Å². The summed E-state index contributed by atoms with van der Waals surface area (Å²) in [6.07, 6.45) is 0. The lowest BCUT2D eigenvalue weighted by Gasteiger charge is -2.07. The second-order valence-corrected chi connectivity index (χ2v) is 9.77. The molecular formula is C17H26I2N2O6S2. The van der Waals surface area contributed by atoms with Gasteiger partial charge in [-0.2, -0.15) is 0 Å². The topological polar surface area (TPSA) is 150 Å². The summed E-state index contributed by atoms with van der Waals surface area (Å²) in [6.45, 7) is 8.00.